The number of aromatic nitrogens is 2. The Bertz CT molecular complexity index is 910. The molecule has 1 amide bonds. The van der Waals surface area contributed by atoms with E-state index >= 15 is 0 Å². The Morgan fingerprint density at radius 3 is 2.48 bits per heavy atom. The van der Waals surface area contributed by atoms with Gasteiger partial charge in [-0.05, 0) is 30.5 Å². The minimum absolute atomic E-state index is 0.0237. The van der Waals surface area contributed by atoms with E-state index in [4.69, 9.17) is 0 Å². The molecule has 132 valence electrons. The summed E-state index contributed by atoms with van der Waals surface area (Å²) >= 11 is 0. The van der Waals surface area contributed by atoms with Crippen LogP contribution in [-0.2, 0) is 14.6 Å². The van der Waals surface area contributed by atoms with Crippen LogP contribution in [0, 0.1) is 0 Å². The molecule has 0 spiro atoms. The number of rotatable bonds is 3. The molecule has 1 aliphatic heterocycles. The van der Waals surface area contributed by atoms with Crippen molar-refractivity contribution in [2.75, 3.05) is 11.6 Å². The van der Waals surface area contributed by atoms with Gasteiger partial charge in [0.25, 0.3) is 0 Å². The molecule has 0 unspecified atom stereocenters. The Labute approximate surface area is 147 Å². The van der Waals surface area contributed by atoms with Gasteiger partial charge < -0.3 is 5.32 Å². The fourth-order valence-corrected chi connectivity index (χ4v) is 4.54. The van der Waals surface area contributed by atoms with Gasteiger partial charge in [0.2, 0.25) is 5.91 Å². The van der Waals surface area contributed by atoms with Gasteiger partial charge in [0.05, 0.1) is 17.1 Å². The first-order valence-electron chi connectivity index (χ1n) is 8.61. The molecular weight excluding hydrogens is 338 g/mol. The third-order valence-electron chi connectivity index (χ3n) is 5.23. The summed E-state index contributed by atoms with van der Waals surface area (Å²) in [5.41, 5.74) is 1.95. The van der Waals surface area contributed by atoms with Crippen molar-refractivity contribution < 1.29 is 13.2 Å². The Morgan fingerprint density at radius 2 is 1.84 bits per heavy atom. The second-order valence-corrected chi connectivity index (χ2v) is 8.99. The van der Waals surface area contributed by atoms with Gasteiger partial charge in [-0.1, -0.05) is 25.0 Å². The number of sulfone groups is 1. The molecule has 25 heavy (non-hydrogen) atoms. The number of fused-ring (bicyclic) bond motifs is 1. The van der Waals surface area contributed by atoms with Crippen LogP contribution < -0.4 is 5.32 Å². The molecule has 2 heterocycles. The lowest BCUT2D eigenvalue weighted by molar-refractivity contribution is -0.116. The van der Waals surface area contributed by atoms with Crippen LogP contribution in [0.5, 0.6) is 0 Å². The maximum atomic E-state index is 12.3. The van der Waals surface area contributed by atoms with E-state index in [1.54, 1.807) is 24.3 Å². The molecule has 1 atom stereocenters. The minimum Gasteiger partial charge on any atom is -0.311 e. The highest BCUT2D eigenvalue weighted by Gasteiger charge is 2.32. The summed E-state index contributed by atoms with van der Waals surface area (Å²) in [5.74, 6) is 0.692. The smallest absolute Gasteiger partial charge is 0.226 e. The average molecular weight is 359 g/mol. The molecule has 1 aromatic carbocycles. The molecule has 2 aliphatic rings. The van der Waals surface area contributed by atoms with Gasteiger partial charge in [-0.3, -0.25) is 4.79 Å². The Kier molecular flexibility index (Phi) is 3.91. The number of nitrogens with one attached hydrogen (secondary N) is 1. The van der Waals surface area contributed by atoms with Gasteiger partial charge in [-0.2, -0.15) is 5.10 Å². The second-order valence-electron chi connectivity index (χ2n) is 6.98. The van der Waals surface area contributed by atoms with Crippen molar-refractivity contribution >= 4 is 21.6 Å². The first kappa shape index (κ1) is 16.3. The number of hydrogen-bond donors (Lipinski definition) is 1. The first-order chi connectivity index (χ1) is 11.9. The van der Waals surface area contributed by atoms with Crippen molar-refractivity contribution in [2.24, 2.45) is 0 Å². The Balaban J connectivity index is 1.71. The molecule has 0 bridgehead atoms. The van der Waals surface area contributed by atoms with Crippen molar-refractivity contribution in [1.82, 2.24) is 9.78 Å². The zero-order chi connectivity index (χ0) is 17.6. The van der Waals surface area contributed by atoms with Crippen molar-refractivity contribution in [2.45, 2.75) is 49.0 Å². The molecule has 1 saturated carbocycles. The van der Waals surface area contributed by atoms with Gasteiger partial charge in [0, 0.05) is 24.2 Å². The summed E-state index contributed by atoms with van der Waals surface area (Å²) in [6.07, 6.45) is 7.98. The molecule has 0 radical (unpaired) electrons. The van der Waals surface area contributed by atoms with E-state index in [0.717, 1.165) is 29.8 Å². The number of amides is 1. The maximum Gasteiger partial charge on any atom is 0.226 e. The largest absolute Gasteiger partial charge is 0.311 e. The van der Waals surface area contributed by atoms with E-state index < -0.39 is 9.84 Å². The van der Waals surface area contributed by atoms with E-state index in [2.05, 4.69) is 10.4 Å². The number of benzene rings is 1. The molecule has 4 rings (SSSR count). The summed E-state index contributed by atoms with van der Waals surface area (Å²) in [6, 6.07) is 7.18. The van der Waals surface area contributed by atoms with Crippen LogP contribution in [0.25, 0.3) is 0 Å². The molecule has 2 aromatic rings. The van der Waals surface area contributed by atoms with Crippen molar-refractivity contribution in [1.29, 1.82) is 0 Å². The molecule has 7 heteroatoms. The monoisotopic (exact) mass is 359 g/mol. The van der Waals surface area contributed by atoms with E-state index in [1.165, 1.54) is 19.1 Å². The summed E-state index contributed by atoms with van der Waals surface area (Å²) in [6.45, 7) is 0. The lowest BCUT2D eigenvalue weighted by Crippen LogP contribution is -2.25. The normalized spacial score (nSPS) is 21.2. The van der Waals surface area contributed by atoms with Crippen LogP contribution in [0.15, 0.2) is 35.4 Å². The van der Waals surface area contributed by atoms with Crippen molar-refractivity contribution in [3.63, 3.8) is 0 Å². The molecule has 1 N–H and O–H groups in total. The number of hydrogen-bond acceptors (Lipinski definition) is 4. The summed E-state index contributed by atoms with van der Waals surface area (Å²) in [5, 5.41) is 7.54. The molecule has 0 saturated heterocycles. The average Bonchev–Trinajstić information content (AvgIpc) is 3.22. The second kappa shape index (κ2) is 5.98. The SMILES string of the molecule is CS(=O)(=O)c1ccc([C@@H]2CC(=O)Nc3c2cnn3C2CCCC2)cc1. The summed E-state index contributed by atoms with van der Waals surface area (Å²) in [7, 11) is -3.22. The van der Waals surface area contributed by atoms with Crippen LogP contribution >= 0.6 is 0 Å². The third kappa shape index (κ3) is 2.97. The fraction of sp³-hybridized carbons (Fsp3) is 0.444. The topological polar surface area (TPSA) is 81.1 Å². The molecular formula is C18H21N3O3S. The van der Waals surface area contributed by atoms with Gasteiger partial charge in [-0.25, -0.2) is 13.1 Å². The summed E-state index contributed by atoms with van der Waals surface area (Å²) < 4.78 is 25.3. The molecule has 1 aromatic heterocycles. The number of nitrogens with zero attached hydrogens (tertiary/aromatic N) is 2. The van der Waals surface area contributed by atoms with E-state index in [9.17, 15) is 13.2 Å². The van der Waals surface area contributed by atoms with Crippen LogP contribution in [0.1, 0.15) is 55.2 Å². The van der Waals surface area contributed by atoms with Gasteiger partial charge in [-0.15, -0.1) is 0 Å². The van der Waals surface area contributed by atoms with Crippen LogP contribution in [-0.4, -0.2) is 30.4 Å². The summed E-state index contributed by atoms with van der Waals surface area (Å²) in [4.78, 5) is 12.5. The molecule has 1 fully saturated rings. The predicted molar refractivity (Wildman–Crippen MR) is 94.4 cm³/mol. The Morgan fingerprint density at radius 1 is 1.16 bits per heavy atom. The lowest BCUT2D eigenvalue weighted by Gasteiger charge is -2.25. The van der Waals surface area contributed by atoms with Crippen LogP contribution in [0.2, 0.25) is 0 Å². The van der Waals surface area contributed by atoms with Crippen LogP contribution in [0.4, 0.5) is 5.82 Å². The molecule has 6 nitrogen and oxygen atoms in total. The van der Waals surface area contributed by atoms with E-state index in [1.807, 2.05) is 10.9 Å². The standard InChI is InChI=1S/C18H21N3O3S/c1-25(23,24)14-8-6-12(7-9-14)15-10-17(22)20-18-16(15)11-19-21(18)13-4-2-3-5-13/h6-9,11,13,15H,2-5,10H2,1H3,(H,20,22)/t15-/m0/s1. The van der Waals surface area contributed by atoms with Gasteiger partial charge >= 0.3 is 0 Å². The first-order valence-corrected chi connectivity index (χ1v) is 10.5. The van der Waals surface area contributed by atoms with Crippen LogP contribution in [0.3, 0.4) is 0 Å². The quantitative estimate of drug-likeness (QED) is 0.914. The number of carbonyl (C=O) groups is 1. The highest BCUT2D eigenvalue weighted by molar-refractivity contribution is 7.90. The van der Waals surface area contributed by atoms with E-state index in [-0.39, 0.29) is 11.8 Å². The molecule has 1 aliphatic carbocycles. The van der Waals surface area contributed by atoms with Gasteiger partial charge in [0.15, 0.2) is 9.84 Å². The third-order valence-corrected chi connectivity index (χ3v) is 6.36. The van der Waals surface area contributed by atoms with E-state index in [0.29, 0.717) is 17.4 Å². The zero-order valence-electron chi connectivity index (χ0n) is 14.1. The Hall–Kier alpha value is -2.15. The fourth-order valence-electron chi connectivity index (χ4n) is 3.91. The number of anilines is 1. The zero-order valence-corrected chi connectivity index (χ0v) is 14.9. The lowest BCUT2D eigenvalue weighted by atomic mass is 9.87. The highest BCUT2D eigenvalue weighted by Crippen LogP contribution is 2.40. The highest BCUT2D eigenvalue weighted by atomic mass is 32.2. The minimum atomic E-state index is -3.22. The van der Waals surface area contributed by atoms with Crippen molar-refractivity contribution in [3.8, 4) is 0 Å². The van der Waals surface area contributed by atoms with Gasteiger partial charge in [0.1, 0.15) is 5.82 Å². The maximum absolute atomic E-state index is 12.3. The predicted octanol–water partition coefficient (Wildman–Crippen LogP) is 2.88. The van der Waals surface area contributed by atoms with Crippen molar-refractivity contribution in [3.05, 3.63) is 41.6 Å². The number of carbonyl (C=O) groups excluding carboxylic acids is 1.